The molecule has 6 rings (SSSR count). The monoisotopic (exact) mass is 446 g/mol. The van der Waals surface area contributed by atoms with Crippen molar-refractivity contribution in [2.75, 3.05) is 36.4 Å². The number of hydrogen-bond acceptors (Lipinski definition) is 7. The van der Waals surface area contributed by atoms with E-state index < -0.39 is 0 Å². The van der Waals surface area contributed by atoms with Crippen LogP contribution in [0.5, 0.6) is 0 Å². The summed E-state index contributed by atoms with van der Waals surface area (Å²) in [5, 5.41) is 22.3. The van der Waals surface area contributed by atoms with E-state index in [0.29, 0.717) is 17.2 Å². The molecule has 0 radical (unpaired) electrons. The minimum Gasteiger partial charge on any atom is -0.369 e. The summed E-state index contributed by atoms with van der Waals surface area (Å²) in [6, 6.07) is 22.3. The third kappa shape index (κ3) is 3.58. The number of hydrogen-bond donors (Lipinski definition) is 2. The smallest absolute Gasteiger partial charge is 0.245 e. The van der Waals surface area contributed by atoms with Crippen LogP contribution in [0.3, 0.4) is 0 Å². The molecule has 0 amide bonds. The van der Waals surface area contributed by atoms with E-state index in [4.69, 9.17) is 5.10 Å². The lowest BCUT2D eigenvalue weighted by molar-refractivity contribution is 0.589. The van der Waals surface area contributed by atoms with Crippen LogP contribution in [-0.2, 0) is 0 Å². The summed E-state index contributed by atoms with van der Waals surface area (Å²) >= 11 is 0. The van der Waals surface area contributed by atoms with Crippen LogP contribution in [0.15, 0.2) is 73.1 Å². The zero-order chi connectivity index (χ0) is 22.9. The number of fused-ring (bicyclic) bond motifs is 2. The number of rotatable bonds is 4. The number of para-hydroxylation sites is 1. The molecule has 1 aliphatic rings. The van der Waals surface area contributed by atoms with Crippen LogP contribution >= 0.6 is 0 Å². The summed E-state index contributed by atoms with van der Waals surface area (Å²) in [6.45, 7) is 4.02. The van der Waals surface area contributed by atoms with E-state index in [9.17, 15) is 5.26 Å². The van der Waals surface area contributed by atoms with Gasteiger partial charge in [0.25, 0.3) is 0 Å². The molecule has 1 saturated heterocycles. The molecule has 2 aromatic carbocycles. The molecule has 0 unspecified atom stereocenters. The number of anilines is 3. The summed E-state index contributed by atoms with van der Waals surface area (Å²) in [7, 11) is 0. The molecule has 0 atom stereocenters. The number of nitrogens with zero attached hydrogens (tertiary/aromatic N) is 6. The first kappa shape index (κ1) is 20.1. The quantitative estimate of drug-likeness (QED) is 0.431. The Morgan fingerprint density at radius 1 is 0.971 bits per heavy atom. The van der Waals surface area contributed by atoms with Gasteiger partial charge in [0.15, 0.2) is 0 Å². The van der Waals surface area contributed by atoms with Crippen molar-refractivity contribution in [3.63, 3.8) is 0 Å². The van der Waals surface area contributed by atoms with Crippen LogP contribution in [0.1, 0.15) is 5.56 Å². The van der Waals surface area contributed by atoms with Crippen molar-refractivity contribution in [2.24, 2.45) is 0 Å². The molecule has 1 fully saturated rings. The summed E-state index contributed by atoms with van der Waals surface area (Å²) in [5.41, 5.74) is 5.79. The van der Waals surface area contributed by atoms with Crippen LogP contribution in [0.2, 0.25) is 0 Å². The van der Waals surface area contributed by atoms with E-state index in [1.807, 2.05) is 48.5 Å². The first-order valence-electron chi connectivity index (χ1n) is 11.3. The second kappa shape index (κ2) is 8.46. The number of benzene rings is 2. The van der Waals surface area contributed by atoms with Gasteiger partial charge in [-0.3, -0.25) is 4.98 Å². The van der Waals surface area contributed by atoms with Crippen LogP contribution in [-0.4, -0.2) is 45.8 Å². The summed E-state index contributed by atoms with van der Waals surface area (Å²) < 4.78 is 1.77. The number of nitrogens with one attached hydrogen (secondary N) is 2. The van der Waals surface area contributed by atoms with E-state index >= 15 is 0 Å². The summed E-state index contributed by atoms with van der Waals surface area (Å²) in [4.78, 5) is 11.4. The second-order valence-corrected chi connectivity index (χ2v) is 8.23. The fourth-order valence-corrected chi connectivity index (χ4v) is 4.47. The summed E-state index contributed by atoms with van der Waals surface area (Å²) in [5.74, 6) is 0.456. The zero-order valence-electron chi connectivity index (χ0n) is 18.4. The minimum atomic E-state index is 0.456. The first-order valence-corrected chi connectivity index (χ1v) is 11.3. The van der Waals surface area contributed by atoms with E-state index in [2.05, 4.69) is 43.7 Å². The van der Waals surface area contributed by atoms with E-state index in [1.165, 1.54) is 5.69 Å². The Hall–Kier alpha value is -4.48. The molecule has 0 bridgehead atoms. The molecular formula is C26H22N8. The lowest BCUT2D eigenvalue weighted by Gasteiger charge is -2.29. The molecule has 5 aromatic rings. The molecule has 2 N–H and O–H groups in total. The predicted octanol–water partition coefficient (Wildman–Crippen LogP) is 3.97. The molecule has 34 heavy (non-hydrogen) atoms. The van der Waals surface area contributed by atoms with Crippen molar-refractivity contribution in [3.05, 3.63) is 78.6 Å². The van der Waals surface area contributed by atoms with Gasteiger partial charge in [0.1, 0.15) is 6.07 Å². The number of nitriles is 1. The molecule has 0 saturated carbocycles. The zero-order valence-corrected chi connectivity index (χ0v) is 18.4. The highest BCUT2D eigenvalue weighted by atomic mass is 15.3. The second-order valence-electron chi connectivity index (χ2n) is 8.23. The SMILES string of the molecule is N#Cc1cc2cnc(Nc3ccc(N4CCNCC4)cc3)nn2c1-c1cccc2cccnc12. The maximum Gasteiger partial charge on any atom is 0.245 e. The van der Waals surface area contributed by atoms with Gasteiger partial charge in [-0.2, -0.15) is 5.26 Å². The molecule has 0 aliphatic carbocycles. The fourth-order valence-electron chi connectivity index (χ4n) is 4.47. The Labute approximate surface area is 196 Å². The van der Waals surface area contributed by atoms with E-state index in [1.54, 1.807) is 16.9 Å². The van der Waals surface area contributed by atoms with E-state index in [-0.39, 0.29) is 0 Å². The van der Waals surface area contributed by atoms with Crippen LogP contribution in [0.25, 0.3) is 27.7 Å². The van der Waals surface area contributed by atoms with E-state index in [0.717, 1.165) is 53.8 Å². The van der Waals surface area contributed by atoms with Crippen LogP contribution in [0, 0.1) is 11.3 Å². The largest absolute Gasteiger partial charge is 0.369 e. The number of aromatic nitrogens is 4. The predicted molar refractivity (Wildman–Crippen MR) is 133 cm³/mol. The normalized spacial score (nSPS) is 13.8. The third-order valence-corrected chi connectivity index (χ3v) is 6.13. The van der Waals surface area contributed by atoms with Gasteiger partial charge in [-0.1, -0.05) is 24.3 Å². The van der Waals surface area contributed by atoms with Gasteiger partial charge in [0, 0.05) is 54.7 Å². The Kier molecular flexibility index (Phi) is 5.02. The lowest BCUT2D eigenvalue weighted by atomic mass is 10.0. The molecular weight excluding hydrogens is 424 g/mol. The maximum absolute atomic E-state index is 9.84. The molecule has 1 aliphatic heterocycles. The molecule has 8 nitrogen and oxygen atoms in total. The summed E-state index contributed by atoms with van der Waals surface area (Å²) in [6.07, 6.45) is 3.49. The molecule has 3 aromatic heterocycles. The topological polar surface area (TPSA) is 94.2 Å². The third-order valence-electron chi connectivity index (χ3n) is 6.13. The van der Waals surface area contributed by atoms with Gasteiger partial charge in [-0.15, -0.1) is 5.10 Å². The molecule has 0 spiro atoms. The molecule has 8 heteroatoms. The lowest BCUT2D eigenvalue weighted by Crippen LogP contribution is -2.43. The van der Waals surface area contributed by atoms with Gasteiger partial charge in [0.05, 0.1) is 28.5 Å². The van der Waals surface area contributed by atoms with Gasteiger partial charge >= 0.3 is 0 Å². The van der Waals surface area contributed by atoms with Gasteiger partial charge in [-0.05, 0) is 36.4 Å². The van der Waals surface area contributed by atoms with Crippen molar-refractivity contribution in [2.45, 2.75) is 0 Å². The van der Waals surface area contributed by atoms with Gasteiger partial charge < -0.3 is 15.5 Å². The maximum atomic E-state index is 9.84. The average molecular weight is 447 g/mol. The van der Waals surface area contributed by atoms with Gasteiger partial charge in [-0.25, -0.2) is 9.50 Å². The molecule has 4 heterocycles. The first-order chi connectivity index (χ1) is 16.8. The number of piperazine rings is 1. The van der Waals surface area contributed by atoms with Crippen molar-refractivity contribution in [3.8, 4) is 17.3 Å². The highest BCUT2D eigenvalue weighted by Crippen LogP contribution is 2.31. The van der Waals surface area contributed by atoms with Gasteiger partial charge in [0.2, 0.25) is 5.95 Å². The Balaban J connectivity index is 1.37. The Morgan fingerprint density at radius 3 is 2.62 bits per heavy atom. The van der Waals surface area contributed by atoms with Crippen LogP contribution < -0.4 is 15.5 Å². The van der Waals surface area contributed by atoms with Crippen LogP contribution in [0.4, 0.5) is 17.3 Å². The highest BCUT2D eigenvalue weighted by molar-refractivity contribution is 5.94. The van der Waals surface area contributed by atoms with Crippen molar-refractivity contribution < 1.29 is 0 Å². The Bertz CT molecular complexity index is 1520. The fraction of sp³-hybridized carbons (Fsp3) is 0.154. The van der Waals surface area contributed by atoms with Crippen molar-refractivity contribution in [1.82, 2.24) is 24.9 Å². The van der Waals surface area contributed by atoms with Crippen molar-refractivity contribution in [1.29, 1.82) is 5.26 Å². The standard InChI is InChI=1S/C26H22N8/c27-16-19-15-22-17-30-26(31-20-6-8-21(9-7-20)33-13-11-28-12-14-33)32-34(22)25(19)23-5-1-3-18-4-2-10-29-24(18)23/h1-10,15,17,28H,11-14H2,(H,31,32). The Morgan fingerprint density at radius 2 is 1.79 bits per heavy atom. The number of pyridine rings is 1. The average Bonchev–Trinajstić information content (AvgIpc) is 3.27. The molecule has 166 valence electrons. The van der Waals surface area contributed by atoms with Crippen molar-refractivity contribution >= 4 is 33.7 Å². The highest BCUT2D eigenvalue weighted by Gasteiger charge is 2.17. The minimum absolute atomic E-state index is 0.456.